The number of rotatable bonds is 10. The molecule has 2 fully saturated rings. The van der Waals surface area contributed by atoms with Gasteiger partial charge in [0.05, 0.1) is 0 Å². The van der Waals surface area contributed by atoms with Gasteiger partial charge in [-0.25, -0.2) is 9.13 Å². The first-order chi connectivity index (χ1) is 18.8. The van der Waals surface area contributed by atoms with Gasteiger partial charge in [-0.05, 0) is 23.5 Å². The minimum atomic E-state index is -3.67. The van der Waals surface area contributed by atoms with Gasteiger partial charge < -0.3 is 9.41 Å². The number of aromatic nitrogens is 2. The average Bonchev–Trinajstić information content (AvgIpc) is 3.64. The van der Waals surface area contributed by atoms with E-state index < -0.39 is 15.1 Å². The summed E-state index contributed by atoms with van der Waals surface area (Å²) >= 11 is 0. The molecule has 2 aromatic heterocycles. The Balaban J connectivity index is 0. The Kier molecular flexibility index (Phi) is 26.8. The summed E-state index contributed by atoms with van der Waals surface area (Å²) < 4.78 is 62.4. The van der Waals surface area contributed by atoms with Crippen LogP contribution in [-0.4, -0.2) is 15.1 Å². The van der Waals surface area contributed by atoms with Gasteiger partial charge in [-0.3, -0.25) is 25.9 Å². The Labute approximate surface area is 242 Å². The first-order valence-corrected chi connectivity index (χ1v) is 14.6. The van der Waals surface area contributed by atoms with E-state index in [0.29, 0.717) is 0 Å². The lowest BCUT2D eigenvalue weighted by atomic mass is 9.99. The lowest BCUT2D eigenvalue weighted by Crippen LogP contribution is -3.00. The molecule has 0 N–H and O–H groups in total. The van der Waals surface area contributed by atoms with E-state index in [1.54, 1.807) is 0 Å². The lowest BCUT2D eigenvalue weighted by molar-refractivity contribution is -0.697. The van der Waals surface area contributed by atoms with Crippen LogP contribution in [0.4, 0.5) is 25.9 Å². The maximum Gasteiger partial charge on any atom is 0.762 e. The van der Waals surface area contributed by atoms with Crippen molar-refractivity contribution in [2.45, 2.75) is 109 Å². The van der Waals surface area contributed by atoms with Gasteiger partial charge >= 0.3 is 15.1 Å². The summed E-state index contributed by atoms with van der Waals surface area (Å²) in [5.41, 5.74) is 2.58. The Morgan fingerprint density at radius 2 is 0.951 bits per heavy atom. The predicted molar refractivity (Wildman–Crippen MR) is 149 cm³/mol. The summed E-state index contributed by atoms with van der Waals surface area (Å²) in [4.78, 5) is 0. The second kappa shape index (κ2) is 26.7. The van der Waals surface area contributed by atoms with Crippen LogP contribution < -0.4 is 18.5 Å². The van der Waals surface area contributed by atoms with Crippen LogP contribution in [0.25, 0.3) is 11.1 Å². The SMILES string of the molecule is C1CCCC1.C[n+]1ccc(-c2cc[n+](CCCCCCCCC3CCCC3)cc2)cc1.FB(F)F.FB(F)F.[F-].[F-]. The molecule has 0 atom stereocenters. The third-order valence-corrected chi connectivity index (χ3v) is 7.21. The van der Waals surface area contributed by atoms with Crippen molar-refractivity contribution in [3.63, 3.8) is 0 Å². The topological polar surface area (TPSA) is 7.76 Å². The first kappa shape index (κ1) is 41.0. The van der Waals surface area contributed by atoms with Crippen LogP contribution in [0.3, 0.4) is 0 Å². The Morgan fingerprint density at radius 3 is 1.39 bits per heavy atom. The zero-order chi connectivity index (χ0) is 28.7. The minimum Gasteiger partial charge on any atom is -1.00 e. The number of aryl methyl sites for hydroxylation is 2. The van der Waals surface area contributed by atoms with E-state index in [-0.39, 0.29) is 9.41 Å². The summed E-state index contributed by atoms with van der Waals surface area (Å²) in [7, 11) is -5.28. The van der Waals surface area contributed by atoms with Gasteiger partial charge in [0, 0.05) is 30.7 Å². The summed E-state index contributed by atoms with van der Waals surface area (Å²) in [6.45, 7) is 1.14. The molecular weight excluding hydrogens is 550 g/mol. The molecule has 4 rings (SSSR count). The quantitative estimate of drug-likeness (QED) is 0.173. The zero-order valence-corrected chi connectivity index (χ0v) is 24.3. The maximum absolute atomic E-state index is 9.67. The third-order valence-electron chi connectivity index (χ3n) is 7.21. The molecule has 2 nitrogen and oxygen atoms in total. The number of hydrogen-bond acceptors (Lipinski definition) is 0. The van der Waals surface area contributed by atoms with Crippen LogP contribution in [-0.2, 0) is 13.6 Å². The van der Waals surface area contributed by atoms with E-state index in [1.807, 2.05) is 0 Å². The van der Waals surface area contributed by atoms with Gasteiger partial charge in [-0.2, -0.15) is 0 Å². The highest BCUT2D eigenvalue weighted by molar-refractivity contribution is 6.33. The average molecular weight is 596 g/mol. The fraction of sp³-hybridized carbons (Fsp3) is 0.655. The molecule has 0 bridgehead atoms. The molecule has 2 saturated carbocycles. The van der Waals surface area contributed by atoms with Crippen molar-refractivity contribution in [1.29, 1.82) is 0 Å². The van der Waals surface area contributed by atoms with Crippen LogP contribution in [0, 0.1) is 5.92 Å². The van der Waals surface area contributed by atoms with Crippen LogP contribution in [0.1, 0.15) is 103 Å². The van der Waals surface area contributed by atoms with Gasteiger partial charge in [0.15, 0.2) is 24.8 Å². The Bertz CT molecular complexity index is 801. The molecule has 41 heavy (non-hydrogen) atoms. The first-order valence-electron chi connectivity index (χ1n) is 14.6. The van der Waals surface area contributed by atoms with Gasteiger partial charge in [0.1, 0.15) is 13.6 Å². The fourth-order valence-corrected chi connectivity index (χ4v) is 5.11. The largest absolute Gasteiger partial charge is 1.00 e. The van der Waals surface area contributed by atoms with Crippen LogP contribution >= 0.6 is 0 Å². The molecule has 0 aliphatic heterocycles. The number of unbranched alkanes of at least 4 members (excludes halogenated alkanes) is 5. The van der Waals surface area contributed by atoms with Crippen molar-refractivity contribution in [2.75, 3.05) is 0 Å². The lowest BCUT2D eigenvalue weighted by Gasteiger charge is -2.07. The molecule has 2 aliphatic rings. The summed E-state index contributed by atoms with van der Waals surface area (Å²) in [5.74, 6) is 1.08. The highest BCUT2D eigenvalue weighted by atomic mass is 19.4. The highest BCUT2D eigenvalue weighted by Gasteiger charge is 2.13. The van der Waals surface area contributed by atoms with Crippen molar-refractivity contribution in [2.24, 2.45) is 13.0 Å². The van der Waals surface area contributed by atoms with E-state index in [9.17, 15) is 25.9 Å². The van der Waals surface area contributed by atoms with Crippen molar-refractivity contribution in [3.05, 3.63) is 49.1 Å². The molecule has 12 heteroatoms. The molecule has 0 aromatic carbocycles. The van der Waals surface area contributed by atoms with Gasteiger partial charge in [-0.15, -0.1) is 0 Å². The van der Waals surface area contributed by atoms with Crippen molar-refractivity contribution in [1.82, 2.24) is 0 Å². The molecule has 234 valence electrons. The zero-order valence-electron chi connectivity index (χ0n) is 24.3. The second-order valence-electron chi connectivity index (χ2n) is 10.4. The molecule has 0 unspecified atom stereocenters. The Hall–Kier alpha value is -2.13. The van der Waals surface area contributed by atoms with E-state index >= 15 is 0 Å². The molecule has 2 aromatic rings. The van der Waals surface area contributed by atoms with Crippen LogP contribution in [0.2, 0.25) is 0 Å². The van der Waals surface area contributed by atoms with Crippen molar-refractivity contribution >= 4 is 15.1 Å². The van der Waals surface area contributed by atoms with Crippen LogP contribution in [0.5, 0.6) is 0 Å². The van der Waals surface area contributed by atoms with Crippen molar-refractivity contribution in [3.8, 4) is 11.1 Å². The number of hydrogen-bond donors (Lipinski definition) is 0. The summed E-state index contributed by atoms with van der Waals surface area (Å²) in [6.07, 6.45) is 32.1. The standard InChI is InChI=1S/C24H36N2.C5H10.2BF3.2FH/c1-25-18-13-23(14-19-25)24-15-20-26(21-16-24)17-9-5-3-2-4-6-10-22-11-7-8-12-22;1-2-4-5-3-1;2*2-1(3)4;;/h13-16,18-22H,2-12,17H2,1H3;1-5H2;;;2*1H/q+2;;;;;/p-2. The van der Waals surface area contributed by atoms with Gasteiger partial charge in [0.25, 0.3) is 0 Å². The number of nitrogens with zero attached hydrogens (tertiary/aromatic N) is 2. The highest BCUT2D eigenvalue weighted by Crippen LogP contribution is 2.29. The smallest absolute Gasteiger partial charge is 0.762 e. The van der Waals surface area contributed by atoms with E-state index in [0.717, 1.165) is 12.5 Å². The van der Waals surface area contributed by atoms with E-state index in [4.69, 9.17) is 0 Å². The maximum atomic E-state index is 9.67. The van der Waals surface area contributed by atoms with E-state index in [2.05, 4.69) is 65.2 Å². The van der Waals surface area contributed by atoms with Crippen LogP contribution in [0.15, 0.2) is 49.1 Å². The van der Waals surface area contributed by atoms with E-state index in [1.165, 1.54) is 114 Å². The molecule has 0 spiro atoms. The summed E-state index contributed by atoms with van der Waals surface area (Å²) in [6, 6.07) is 8.81. The predicted octanol–water partition coefficient (Wildman–Crippen LogP) is 3.10. The summed E-state index contributed by atoms with van der Waals surface area (Å²) in [5, 5.41) is 0. The van der Waals surface area contributed by atoms with Gasteiger partial charge in [-0.1, -0.05) is 89.9 Å². The molecule has 2 aliphatic carbocycles. The number of halogens is 8. The third kappa shape index (κ3) is 24.2. The minimum absolute atomic E-state index is 0. The fourth-order valence-electron chi connectivity index (χ4n) is 5.11. The normalized spacial score (nSPS) is 13.6. The molecule has 0 saturated heterocycles. The molecule has 0 amide bonds. The van der Waals surface area contributed by atoms with Crippen molar-refractivity contribution < 1.29 is 44.4 Å². The Morgan fingerprint density at radius 1 is 0.585 bits per heavy atom. The van der Waals surface area contributed by atoms with Gasteiger partial charge in [0.2, 0.25) is 0 Å². The monoisotopic (exact) mass is 596 g/mol. The number of pyridine rings is 2. The molecular formula is C29H46B2F8N2. The molecule has 2 heterocycles. The second-order valence-corrected chi connectivity index (χ2v) is 10.4. The molecule has 0 radical (unpaired) electrons.